The molecular formula is C9H6N2O4S. The normalized spacial score (nSPS) is 11.2. The third-order valence-electron chi connectivity index (χ3n) is 1.82. The Morgan fingerprint density at radius 2 is 2.00 bits per heavy atom. The summed E-state index contributed by atoms with van der Waals surface area (Å²) in [7, 11) is -3.91. The van der Waals surface area contributed by atoms with Gasteiger partial charge in [0, 0.05) is 12.4 Å². The predicted octanol–water partition coefficient (Wildman–Crippen LogP) is 0.715. The zero-order valence-corrected chi connectivity index (χ0v) is 8.72. The van der Waals surface area contributed by atoms with Crippen LogP contribution in [-0.2, 0) is 9.84 Å². The van der Waals surface area contributed by atoms with E-state index >= 15 is 0 Å². The molecule has 2 aromatic rings. The number of sulfone groups is 1. The Hall–Kier alpha value is -2.02. The van der Waals surface area contributed by atoms with Crippen LogP contribution in [0, 0.1) is 0 Å². The molecule has 6 nitrogen and oxygen atoms in total. The lowest BCUT2D eigenvalue weighted by atomic mass is 10.5. The molecule has 82 valence electrons. The number of hydrogen-bond acceptors (Lipinski definition) is 6. The van der Waals surface area contributed by atoms with E-state index < -0.39 is 14.9 Å². The summed E-state index contributed by atoms with van der Waals surface area (Å²) in [6.07, 6.45) is 4.00. The lowest BCUT2D eigenvalue weighted by Crippen LogP contribution is -2.08. The zero-order valence-electron chi connectivity index (χ0n) is 7.90. The Labute approximate surface area is 90.9 Å². The molecule has 0 unspecified atom stereocenters. The van der Waals surface area contributed by atoms with Gasteiger partial charge >= 0.3 is 0 Å². The maximum Gasteiger partial charge on any atom is 0.259 e. The van der Waals surface area contributed by atoms with Crippen LogP contribution in [0.5, 0.6) is 0 Å². The number of nitrogens with zero attached hydrogens (tertiary/aromatic N) is 2. The van der Waals surface area contributed by atoms with Gasteiger partial charge in [0.1, 0.15) is 5.69 Å². The quantitative estimate of drug-likeness (QED) is 0.731. The van der Waals surface area contributed by atoms with Crippen LogP contribution < -0.4 is 0 Å². The number of furan rings is 1. The fourth-order valence-electron chi connectivity index (χ4n) is 1.14. The van der Waals surface area contributed by atoms with Gasteiger partial charge in [0.2, 0.25) is 5.09 Å². The summed E-state index contributed by atoms with van der Waals surface area (Å²) in [5.74, 6) is 0. The van der Waals surface area contributed by atoms with E-state index in [0.717, 1.165) is 0 Å². The van der Waals surface area contributed by atoms with Crippen molar-refractivity contribution in [1.29, 1.82) is 0 Å². The molecule has 2 heterocycles. The van der Waals surface area contributed by atoms with Crippen LogP contribution in [-0.4, -0.2) is 24.7 Å². The first-order valence-corrected chi connectivity index (χ1v) is 5.69. The van der Waals surface area contributed by atoms with Crippen molar-refractivity contribution in [3.8, 4) is 0 Å². The van der Waals surface area contributed by atoms with Crippen molar-refractivity contribution in [3.63, 3.8) is 0 Å². The molecule has 0 bridgehead atoms. The Bertz CT molecular complexity index is 604. The number of rotatable bonds is 3. The Morgan fingerprint density at radius 3 is 2.62 bits per heavy atom. The van der Waals surface area contributed by atoms with Crippen LogP contribution >= 0.6 is 0 Å². The highest BCUT2D eigenvalue weighted by Gasteiger charge is 2.25. The van der Waals surface area contributed by atoms with Crippen LogP contribution in [0.25, 0.3) is 0 Å². The smallest absolute Gasteiger partial charge is 0.259 e. The molecule has 0 aromatic carbocycles. The van der Waals surface area contributed by atoms with Crippen molar-refractivity contribution in [2.24, 2.45) is 0 Å². The van der Waals surface area contributed by atoms with Crippen LogP contribution in [0.2, 0.25) is 0 Å². The number of hydrogen-bond donors (Lipinski definition) is 0. The van der Waals surface area contributed by atoms with E-state index in [0.29, 0.717) is 6.29 Å². The molecule has 0 fully saturated rings. The monoisotopic (exact) mass is 238 g/mol. The third kappa shape index (κ3) is 1.61. The number of aromatic nitrogens is 2. The largest absolute Gasteiger partial charge is 0.453 e. The third-order valence-corrected chi connectivity index (χ3v) is 3.40. The molecule has 0 amide bonds. The lowest BCUT2D eigenvalue weighted by molar-refractivity contribution is 0.111. The van der Waals surface area contributed by atoms with Crippen LogP contribution in [0.3, 0.4) is 0 Å². The van der Waals surface area contributed by atoms with E-state index in [2.05, 4.69) is 9.97 Å². The highest BCUT2D eigenvalue weighted by atomic mass is 32.2. The Balaban J connectivity index is 2.65. The summed E-state index contributed by atoms with van der Waals surface area (Å²) in [6, 6.07) is 2.71. The van der Waals surface area contributed by atoms with Gasteiger partial charge in [0.25, 0.3) is 9.84 Å². The molecule has 0 aliphatic heterocycles. The Morgan fingerprint density at radius 1 is 1.25 bits per heavy atom. The summed E-state index contributed by atoms with van der Waals surface area (Å²) in [5.41, 5.74) is -0.237. The molecule has 0 radical (unpaired) electrons. The number of carbonyl (C=O) groups excluding carboxylic acids is 1. The van der Waals surface area contributed by atoms with Crippen molar-refractivity contribution >= 4 is 16.1 Å². The van der Waals surface area contributed by atoms with Crippen LogP contribution in [0.1, 0.15) is 10.5 Å². The number of carbonyl (C=O) groups is 1. The second-order valence-corrected chi connectivity index (χ2v) is 4.60. The van der Waals surface area contributed by atoms with Gasteiger partial charge < -0.3 is 4.42 Å². The topological polar surface area (TPSA) is 90.1 Å². The van der Waals surface area contributed by atoms with Gasteiger partial charge in [-0.15, -0.1) is 0 Å². The van der Waals surface area contributed by atoms with Gasteiger partial charge in [-0.1, -0.05) is 0 Å². The molecule has 16 heavy (non-hydrogen) atoms. The van der Waals surface area contributed by atoms with Gasteiger partial charge in [-0.3, -0.25) is 4.79 Å². The molecule has 0 atom stereocenters. The zero-order chi connectivity index (χ0) is 11.6. The maximum absolute atomic E-state index is 11.9. The minimum atomic E-state index is -3.91. The SMILES string of the molecule is O=Cc1nccnc1S(=O)(=O)c1ccco1. The highest BCUT2D eigenvalue weighted by Crippen LogP contribution is 2.20. The summed E-state index contributed by atoms with van der Waals surface area (Å²) >= 11 is 0. The predicted molar refractivity (Wildman–Crippen MR) is 51.6 cm³/mol. The molecule has 2 rings (SSSR count). The Kier molecular flexibility index (Phi) is 2.53. The minimum absolute atomic E-state index is 0.237. The van der Waals surface area contributed by atoms with Gasteiger partial charge in [-0.2, -0.15) is 0 Å². The van der Waals surface area contributed by atoms with Gasteiger partial charge in [0.05, 0.1) is 6.26 Å². The van der Waals surface area contributed by atoms with E-state index in [9.17, 15) is 13.2 Å². The molecule has 7 heteroatoms. The first-order chi connectivity index (χ1) is 7.66. The van der Waals surface area contributed by atoms with E-state index in [4.69, 9.17) is 4.42 Å². The molecule has 0 saturated carbocycles. The van der Waals surface area contributed by atoms with Crippen molar-refractivity contribution < 1.29 is 17.6 Å². The first-order valence-electron chi connectivity index (χ1n) is 4.21. The molecule has 0 aliphatic rings. The van der Waals surface area contributed by atoms with E-state index in [1.165, 1.54) is 30.8 Å². The van der Waals surface area contributed by atoms with E-state index in [-0.39, 0.29) is 10.8 Å². The molecule has 2 aromatic heterocycles. The number of aldehydes is 1. The molecular weight excluding hydrogens is 232 g/mol. The second-order valence-electron chi connectivity index (χ2n) is 2.80. The maximum atomic E-state index is 11.9. The van der Waals surface area contributed by atoms with Gasteiger partial charge in [0.15, 0.2) is 11.3 Å². The van der Waals surface area contributed by atoms with Crippen molar-refractivity contribution in [3.05, 3.63) is 36.5 Å². The standard InChI is InChI=1S/C9H6N2O4S/c12-6-7-9(11-4-3-10-7)16(13,14)8-2-1-5-15-8/h1-6H. The van der Waals surface area contributed by atoms with Crippen LogP contribution in [0.15, 0.2) is 45.3 Å². The van der Waals surface area contributed by atoms with Gasteiger partial charge in [-0.25, -0.2) is 18.4 Å². The van der Waals surface area contributed by atoms with Crippen molar-refractivity contribution in [1.82, 2.24) is 9.97 Å². The molecule has 0 spiro atoms. The summed E-state index contributed by atoms with van der Waals surface area (Å²) in [5, 5.41) is -0.670. The molecule has 0 saturated heterocycles. The average molecular weight is 238 g/mol. The van der Waals surface area contributed by atoms with Crippen molar-refractivity contribution in [2.75, 3.05) is 0 Å². The van der Waals surface area contributed by atoms with Crippen LogP contribution in [0.4, 0.5) is 0 Å². The van der Waals surface area contributed by atoms with E-state index in [1.54, 1.807) is 0 Å². The minimum Gasteiger partial charge on any atom is -0.453 e. The fourth-order valence-corrected chi connectivity index (χ4v) is 2.34. The highest BCUT2D eigenvalue weighted by molar-refractivity contribution is 7.91. The second kappa shape index (κ2) is 3.86. The van der Waals surface area contributed by atoms with E-state index in [1.807, 2.05) is 0 Å². The summed E-state index contributed by atoms with van der Waals surface area (Å²) < 4.78 is 28.6. The first kappa shape index (κ1) is 10.5. The fraction of sp³-hybridized carbons (Fsp3) is 0. The van der Waals surface area contributed by atoms with Crippen molar-refractivity contribution in [2.45, 2.75) is 10.1 Å². The lowest BCUT2D eigenvalue weighted by Gasteiger charge is -2.01. The molecule has 0 N–H and O–H groups in total. The van der Waals surface area contributed by atoms with Gasteiger partial charge in [-0.05, 0) is 12.1 Å². The summed E-state index contributed by atoms with van der Waals surface area (Å²) in [4.78, 5) is 17.9. The molecule has 0 aliphatic carbocycles. The summed E-state index contributed by atoms with van der Waals surface area (Å²) in [6.45, 7) is 0. The average Bonchev–Trinajstić information content (AvgIpc) is 2.83.